The molecule has 0 aromatic heterocycles. The van der Waals surface area contributed by atoms with Gasteiger partial charge in [0.25, 0.3) is 0 Å². The van der Waals surface area contributed by atoms with E-state index in [1.165, 1.54) is 0 Å². The van der Waals surface area contributed by atoms with Crippen LogP contribution >= 0.6 is 12.4 Å². The zero-order valence-electron chi connectivity index (χ0n) is 18.5. The SMILES string of the molecule is Cl.O=C(O)COc1cccc(C(CN2CCC(O)C2)NC(=O)Cc2ccc3c(c2)NC(=O)C3)c1. The highest BCUT2D eigenvalue weighted by atomic mass is 35.5. The lowest BCUT2D eigenvalue weighted by Gasteiger charge is -2.25. The minimum absolute atomic E-state index is 0. The molecule has 4 rings (SSSR count). The molecule has 182 valence electrons. The normalized spacial score (nSPS) is 17.9. The van der Waals surface area contributed by atoms with Gasteiger partial charge in [-0.2, -0.15) is 0 Å². The van der Waals surface area contributed by atoms with E-state index in [4.69, 9.17) is 9.84 Å². The Morgan fingerprint density at radius 1 is 1.24 bits per heavy atom. The molecule has 9 nitrogen and oxygen atoms in total. The van der Waals surface area contributed by atoms with E-state index in [2.05, 4.69) is 15.5 Å². The van der Waals surface area contributed by atoms with E-state index >= 15 is 0 Å². The van der Waals surface area contributed by atoms with Gasteiger partial charge in [0.15, 0.2) is 6.61 Å². The Labute approximate surface area is 203 Å². The molecule has 2 aromatic rings. The maximum Gasteiger partial charge on any atom is 0.341 e. The molecule has 2 aliphatic rings. The van der Waals surface area contributed by atoms with Gasteiger partial charge < -0.3 is 25.6 Å². The maximum absolute atomic E-state index is 12.9. The average Bonchev–Trinajstić information content (AvgIpc) is 3.35. The van der Waals surface area contributed by atoms with Crippen LogP contribution in [-0.4, -0.2) is 65.2 Å². The van der Waals surface area contributed by atoms with Crippen molar-refractivity contribution in [3.63, 3.8) is 0 Å². The molecular weight excluding hydrogens is 462 g/mol. The van der Waals surface area contributed by atoms with E-state index in [0.29, 0.717) is 31.7 Å². The summed E-state index contributed by atoms with van der Waals surface area (Å²) in [7, 11) is 0. The fourth-order valence-corrected chi connectivity index (χ4v) is 4.24. The molecule has 2 atom stereocenters. The van der Waals surface area contributed by atoms with Gasteiger partial charge in [0.05, 0.1) is 25.0 Å². The van der Waals surface area contributed by atoms with Crippen LogP contribution in [0.15, 0.2) is 42.5 Å². The molecule has 0 aliphatic carbocycles. The third-order valence-corrected chi connectivity index (χ3v) is 5.81. The number of hydrogen-bond acceptors (Lipinski definition) is 6. The summed E-state index contributed by atoms with van der Waals surface area (Å²) in [4.78, 5) is 37.4. The first-order valence-corrected chi connectivity index (χ1v) is 10.9. The zero-order valence-corrected chi connectivity index (χ0v) is 19.3. The molecule has 1 saturated heterocycles. The van der Waals surface area contributed by atoms with Gasteiger partial charge in [-0.05, 0) is 41.3 Å². The van der Waals surface area contributed by atoms with E-state index < -0.39 is 12.6 Å². The number of aliphatic carboxylic acids is 1. The van der Waals surface area contributed by atoms with Crippen molar-refractivity contribution in [3.8, 4) is 5.75 Å². The molecule has 4 N–H and O–H groups in total. The average molecular weight is 490 g/mol. The number of fused-ring (bicyclic) bond motifs is 1. The number of nitrogens with one attached hydrogen (secondary N) is 2. The number of likely N-dealkylation sites (tertiary alicyclic amines) is 1. The van der Waals surface area contributed by atoms with Gasteiger partial charge in [-0.15, -0.1) is 12.4 Å². The van der Waals surface area contributed by atoms with Gasteiger partial charge in [-0.25, -0.2) is 4.79 Å². The standard InChI is InChI=1S/C24H27N3O6.ClH/c28-18-6-7-27(12-18)13-21(16-2-1-3-19(10-16)33-14-24(31)32)26-22(29)9-15-4-5-17-11-23(30)25-20(17)8-15;/h1-5,8,10,18,21,28H,6-7,9,11-14H2,(H,25,30)(H,26,29)(H,31,32);1H. The summed E-state index contributed by atoms with van der Waals surface area (Å²) in [6, 6.07) is 12.2. The number of carboxylic acid groups (broad SMARTS) is 1. The van der Waals surface area contributed by atoms with Gasteiger partial charge >= 0.3 is 5.97 Å². The number of benzene rings is 2. The lowest BCUT2D eigenvalue weighted by Crippen LogP contribution is -2.38. The second-order valence-corrected chi connectivity index (χ2v) is 8.47. The van der Waals surface area contributed by atoms with Crippen LogP contribution in [0.5, 0.6) is 5.75 Å². The molecule has 2 heterocycles. The molecule has 0 bridgehead atoms. The van der Waals surface area contributed by atoms with Crippen molar-refractivity contribution >= 4 is 35.9 Å². The summed E-state index contributed by atoms with van der Waals surface area (Å²) in [6.07, 6.45) is 0.806. The van der Waals surface area contributed by atoms with E-state index in [0.717, 1.165) is 28.9 Å². The van der Waals surface area contributed by atoms with Gasteiger partial charge in [0.2, 0.25) is 11.8 Å². The largest absolute Gasteiger partial charge is 0.482 e. The number of halogens is 1. The monoisotopic (exact) mass is 489 g/mol. The van der Waals surface area contributed by atoms with Crippen molar-refractivity contribution in [1.82, 2.24) is 10.2 Å². The molecule has 2 aromatic carbocycles. The van der Waals surface area contributed by atoms with Crippen LogP contribution in [-0.2, 0) is 27.2 Å². The van der Waals surface area contributed by atoms with Crippen LogP contribution in [0.1, 0.15) is 29.2 Å². The van der Waals surface area contributed by atoms with E-state index in [-0.39, 0.29) is 42.8 Å². The lowest BCUT2D eigenvalue weighted by atomic mass is 10.0. The van der Waals surface area contributed by atoms with Crippen LogP contribution in [0.25, 0.3) is 0 Å². The predicted molar refractivity (Wildman–Crippen MR) is 127 cm³/mol. The second-order valence-electron chi connectivity index (χ2n) is 8.47. The number of rotatable bonds is 9. The van der Waals surface area contributed by atoms with Crippen LogP contribution in [0, 0.1) is 0 Å². The quantitative estimate of drug-likeness (QED) is 0.420. The molecule has 10 heteroatoms. The summed E-state index contributed by atoms with van der Waals surface area (Å²) in [5.41, 5.74) is 3.25. The topological polar surface area (TPSA) is 128 Å². The number of β-amino-alcohol motifs (C(OH)–C–C–N with tert-alkyl or cyclic N) is 1. The molecule has 1 fully saturated rings. The molecule has 0 radical (unpaired) electrons. The first kappa shape index (κ1) is 25.5. The number of ether oxygens (including phenoxy) is 1. The number of carbonyl (C=O) groups excluding carboxylic acids is 2. The van der Waals surface area contributed by atoms with Gasteiger partial charge in [-0.3, -0.25) is 14.5 Å². The Kier molecular flexibility index (Phi) is 8.49. The number of amides is 2. The highest BCUT2D eigenvalue weighted by Gasteiger charge is 2.25. The maximum atomic E-state index is 12.9. The highest BCUT2D eigenvalue weighted by molar-refractivity contribution is 5.99. The molecular formula is C24H28ClN3O6. The van der Waals surface area contributed by atoms with Crippen molar-refractivity contribution in [2.24, 2.45) is 0 Å². The Morgan fingerprint density at radius 2 is 2.06 bits per heavy atom. The number of hydrogen-bond donors (Lipinski definition) is 4. The summed E-state index contributed by atoms with van der Waals surface area (Å²) in [5, 5.41) is 24.6. The lowest BCUT2D eigenvalue weighted by molar-refractivity contribution is -0.139. The third-order valence-electron chi connectivity index (χ3n) is 5.81. The Hall–Kier alpha value is -3.14. The van der Waals surface area contributed by atoms with Crippen molar-refractivity contribution in [2.75, 3.05) is 31.6 Å². The fourth-order valence-electron chi connectivity index (χ4n) is 4.24. The Morgan fingerprint density at radius 3 is 2.79 bits per heavy atom. The van der Waals surface area contributed by atoms with Gasteiger partial charge in [0, 0.05) is 25.3 Å². The number of aliphatic hydroxyl groups excluding tert-OH is 1. The number of nitrogens with zero attached hydrogens (tertiary/aromatic N) is 1. The Bertz CT molecular complexity index is 1060. The predicted octanol–water partition coefficient (Wildman–Crippen LogP) is 1.53. The van der Waals surface area contributed by atoms with E-state index in [1.807, 2.05) is 24.3 Å². The van der Waals surface area contributed by atoms with Crippen LogP contribution in [0.4, 0.5) is 5.69 Å². The molecule has 0 saturated carbocycles. The summed E-state index contributed by atoms with van der Waals surface area (Å²) in [5.74, 6) is -0.892. The number of aliphatic hydroxyl groups is 1. The first-order valence-electron chi connectivity index (χ1n) is 10.9. The molecule has 0 spiro atoms. The van der Waals surface area contributed by atoms with Crippen molar-refractivity contribution in [3.05, 3.63) is 59.2 Å². The van der Waals surface area contributed by atoms with Crippen LogP contribution < -0.4 is 15.4 Å². The molecule has 2 aliphatic heterocycles. The zero-order chi connectivity index (χ0) is 23.4. The van der Waals surface area contributed by atoms with E-state index in [9.17, 15) is 19.5 Å². The summed E-state index contributed by atoms with van der Waals surface area (Å²) < 4.78 is 5.30. The van der Waals surface area contributed by atoms with Gasteiger partial charge in [0.1, 0.15) is 5.75 Å². The van der Waals surface area contributed by atoms with Crippen molar-refractivity contribution in [1.29, 1.82) is 0 Å². The van der Waals surface area contributed by atoms with Crippen molar-refractivity contribution < 1.29 is 29.3 Å². The van der Waals surface area contributed by atoms with Crippen LogP contribution in [0.3, 0.4) is 0 Å². The Balaban J connectivity index is 0.00000324. The molecule has 34 heavy (non-hydrogen) atoms. The highest BCUT2D eigenvalue weighted by Crippen LogP contribution is 2.25. The smallest absolute Gasteiger partial charge is 0.341 e. The number of carboxylic acids is 1. The number of anilines is 1. The fraction of sp³-hybridized carbons (Fsp3) is 0.375. The summed E-state index contributed by atoms with van der Waals surface area (Å²) >= 11 is 0. The molecule has 2 unspecified atom stereocenters. The minimum Gasteiger partial charge on any atom is -0.482 e. The van der Waals surface area contributed by atoms with Crippen molar-refractivity contribution in [2.45, 2.75) is 31.4 Å². The van der Waals surface area contributed by atoms with E-state index in [1.54, 1.807) is 18.2 Å². The molecule has 2 amide bonds. The van der Waals surface area contributed by atoms with Gasteiger partial charge in [-0.1, -0.05) is 24.3 Å². The minimum atomic E-state index is -1.07. The third kappa shape index (κ3) is 6.69. The second kappa shape index (κ2) is 11.3. The van der Waals surface area contributed by atoms with Crippen LogP contribution in [0.2, 0.25) is 0 Å². The first-order chi connectivity index (χ1) is 15.9. The summed E-state index contributed by atoms with van der Waals surface area (Å²) in [6.45, 7) is 1.32. The number of carbonyl (C=O) groups is 3.